The van der Waals surface area contributed by atoms with Crippen molar-refractivity contribution in [1.82, 2.24) is 15.1 Å². The summed E-state index contributed by atoms with van der Waals surface area (Å²) < 4.78 is 54.5. The maximum atomic E-state index is 14.1. The molecule has 1 aromatic carbocycles. The summed E-state index contributed by atoms with van der Waals surface area (Å²) in [7, 11) is 1.13. The van der Waals surface area contributed by atoms with E-state index in [9.17, 15) is 27.6 Å². The molecule has 2 aromatic rings. The van der Waals surface area contributed by atoms with E-state index in [0.29, 0.717) is 4.68 Å². The third-order valence-corrected chi connectivity index (χ3v) is 5.46. The zero-order valence-electron chi connectivity index (χ0n) is 14.2. The number of nitrogens with one attached hydrogen (secondary N) is 1. The van der Waals surface area contributed by atoms with E-state index in [4.69, 9.17) is 23.2 Å². The molecule has 3 rings (SSSR count). The molecule has 0 saturated carbocycles. The summed E-state index contributed by atoms with van der Waals surface area (Å²) in [5.41, 5.74) is -2.92. The van der Waals surface area contributed by atoms with Crippen molar-refractivity contribution in [2.75, 3.05) is 0 Å². The lowest BCUT2D eigenvalue weighted by Gasteiger charge is -2.10. The minimum atomic E-state index is -4.96. The van der Waals surface area contributed by atoms with Crippen LogP contribution in [0.5, 0.6) is 0 Å². The topological polar surface area (TPSA) is 70.7 Å². The van der Waals surface area contributed by atoms with Crippen LogP contribution >= 0.6 is 35.0 Å². The summed E-state index contributed by atoms with van der Waals surface area (Å²) in [6.07, 6.45) is -4.96. The number of ketones is 1. The predicted molar refractivity (Wildman–Crippen MR) is 100 cm³/mol. The standard InChI is InChI=1S/C17H8Cl2F4N4OS/c1-27-15(19)12(14(26-27)17(21,22)23)13(28)7(5-24)16-25-10(6-29-16)11-8(18)3-2-4-9(11)20/h2-4,6,25H,1H3/b16-7+. The Balaban J connectivity index is 2.04. The number of alkyl halides is 3. The van der Waals surface area contributed by atoms with Crippen molar-refractivity contribution in [3.05, 3.63) is 67.0 Å². The fourth-order valence-corrected chi connectivity index (χ4v) is 3.85. The lowest BCUT2D eigenvalue weighted by molar-refractivity contribution is -0.141. The second-order valence-electron chi connectivity index (χ2n) is 5.65. The van der Waals surface area contributed by atoms with Gasteiger partial charge >= 0.3 is 6.18 Å². The van der Waals surface area contributed by atoms with E-state index >= 15 is 0 Å². The van der Waals surface area contributed by atoms with Gasteiger partial charge < -0.3 is 5.32 Å². The van der Waals surface area contributed by atoms with E-state index in [1.807, 2.05) is 0 Å². The van der Waals surface area contributed by atoms with E-state index in [-0.39, 0.29) is 21.3 Å². The van der Waals surface area contributed by atoms with Crippen molar-refractivity contribution >= 4 is 46.4 Å². The number of Topliss-reactive ketones (excluding diaryl/α,β-unsaturated/α-hetero) is 1. The number of aromatic nitrogens is 2. The quantitative estimate of drug-likeness (QED) is 0.296. The number of nitrogens with zero attached hydrogens (tertiary/aromatic N) is 3. The van der Waals surface area contributed by atoms with Crippen LogP contribution in [0.4, 0.5) is 17.6 Å². The molecular formula is C17H8Cl2F4N4OS. The van der Waals surface area contributed by atoms with Crippen molar-refractivity contribution in [2.24, 2.45) is 7.05 Å². The van der Waals surface area contributed by atoms with Crippen molar-refractivity contribution in [2.45, 2.75) is 6.18 Å². The van der Waals surface area contributed by atoms with E-state index in [1.54, 1.807) is 6.07 Å². The summed E-state index contributed by atoms with van der Waals surface area (Å²) in [5, 5.41) is 16.1. The van der Waals surface area contributed by atoms with Gasteiger partial charge in [-0.1, -0.05) is 41.0 Å². The first kappa shape index (κ1) is 21.2. The molecule has 0 fully saturated rings. The smallest absolute Gasteiger partial charge is 0.348 e. The average molecular weight is 463 g/mol. The Morgan fingerprint density at radius 2 is 2.03 bits per heavy atom. The molecule has 1 N–H and O–H groups in total. The van der Waals surface area contributed by atoms with E-state index < -0.39 is 39.8 Å². The molecule has 0 radical (unpaired) electrons. The van der Waals surface area contributed by atoms with Gasteiger partial charge in [0, 0.05) is 12.5 Å². The van der Waals surface area contributed by atoms with E-state index in [2.05, 4.69) is 10.4 Å². The number of carbonyl (C=O) groups is 1. The van der Waals surface area contributed by atoms with Crippen molar-refractivity contribution in [3.63, 3.8) is 0 Å². The molecular weight excluding hydrogens is 455 g/mol. The number of aryl methyl sites for hydroxylation is 1. The van der Waals surface area contributed by atoms with Crippen LogP contribution < -0.4 is 5.32 Å². The molecule has 0 aliphatic carbocycles. The highest BCUT2D eigenvalue weighted by molar-refractivity contribution is 8.06. The zero-order valence-corrected chi connectivity index (χ0v) is 16.6. The number of rotatable bonds is 3. The highest BCUT2D eigenvalue weighted by Crippen LogP contribution is 2.39. The number of hydrogen-bond donors (Lipinski definition) is 1. The van der Waals surface area contributed by atoms with Crippen LogP contribution in [-0.2, 0) is 13.2 Å². The molecule has 1 aliphatic heterocycles. The fourth-order valence-electron chi connectivity index (χ4n) is 2.53. The minimum absolute atomic E-state index is 0.00297. The third kappa shape index (κ3) is 3.85. The number of halogens is 6. The summed E-state index contributed by atoms with van der Waals surface area (Å²) in [6.45, 7) is 0. The molecule has 1 aliphatic rings. The van der Waals surface area contributed by atoms with Gasteiger partial charge in [0.2, 0.25) is 5.78 Å². The molecule has 5 nitrogen and oxygen atoms in total. The molecule has 0 spiro atoms. The Morgan fingerprint density at radius 3 is 2.62 bits per heavy atom. The summed E-state index contributed by atoms with van der Waals surface area (Å²) in [4.78, 5) is 12.7. The molecule has 0 unspecified atom stereocenters. The molecule has 0 saturated heterocycles. The van der Waals surface area contributed by atoms with Crippen LogP contribution in [0.2, 0.25) is 10.2 Å². The molecule has 150 valence electrons. The van der Waals surface area contributed by atoms with E-state index in [1.165, 1.54) is 17.5 Å². The fraction of sp³-hybridized carbons (Fsp3) is 0.118. The molecule has 2 heterocycles. The first-order chi connectivity index (χ1) is 13.6. The lowest BCUT2D eigenvalue weighted by atomic mass is 10.1. The number of benzene rings is 1. The normalized spacial score (nSPS) is 15.6. The zero-order chi connectivity index (χ0) is 21.5. The summed E-state index contributed by atoms with van der Waals surface area (Å²) >= 11 is 12.7. The molecule has 12 heteroatoms. The van der Waals surface area contributed by atoms with Crippen LogP contribution in [0, 0.1) is 17.1 Å². The monoisotopic (exact) mass is 462 g/mol. The Labute approximate surface area is 175 Å². The van der Waals surface area contributed by atoms with Gasteiger partial charge in [0.05, 0.1) is 26.9 Å². The Bertz CT molecular complexity index is 1110. The second-order valence-corrected chi connectivity index (χ2v) is 7.30. The summed E-state index contributed by atoms with van der Waals surface area (Å²) in [5.74, 6) is -1.92. The lowest BCUT2D eigenvalue weighted by Crippen LogP contribution is -2.16. The number of allylic oxidation sites excluding steroid dienone is 1. The van der Waals surface area contributed by atoms with Crippen molar-refractivity contribution in [1.29, 1.82) is 5.26 Å². The molecule has 0 atom stereocenters. The first-order valence-corrected chi connectivity index (χ1v) is 9.26. The average Bonchev–Trinajstić information content (AvgIpc) is 3.21. The largest absolute Gasteiger partial charge is 0.435 e. The highest BCUT2D eigenvalue weighted by atomic mass is 35.5. The second kappa shape index (κ2) is 7.74. The van der Waals surface area contributed by atoms with E-state index in [0.717, 1.165) is 24.9 Å². The van der Waals surface area contributed by atoms with Crippen LogP contribution in [0.1, 0.15) is 21.6 Å². The summed E-state index contributed by atoms with van der Waals surface area (Å²) in [6, 6.07) is 5.58. The van der Waals surface area contributed by atoms with Gasteiger partial charge in [0.25, 0.3) is 0 Å². The van der Waals surface area contributed by atoms with Gasteiger partial charge in [-0.3, -0.25) is 9.48 Å². The molecule has 1 aromatic heterocycles. The minimum Gasteiger partial charge on any atom is -0.348 e. The molecule has 0 bridgehead atoms. The Kier molecular flexibility index (Phi) is 5.67. The van der Waals surface area contributed by atoms with Gasteiger partial charge in [-0.2, -0.15) is 23.5 Å². The first-order valence-electron chi connectivity index (χ1n) is 7.63. The van der Waals surface area contributed by atoms with Crippen LogP contribution in [-0.4, -0.2) is 15.6 Å². The Hall–Kier alpha value is -2.48. The van der Waals surface area contributed by atoms with Gasteiger partial charge in [-0.25, -0.2) is 4.39 Å². The highest BCUT2D eigenvalue weighted by Gasteiger charge is 2.42. The number of thioether (sulfide) groups is 1. The van der Waals surface area contributed by atoms with Gasteiger partial charge in [0.1, 0.15) is 22.6 Å². The van der Waals surface area contributed by atoms with Crippen molar-refractivity contribution in [3.8, 4) is 6.07 Å². The maximum absolute atomic E-state index is 14.1. The third-order valence-electron chi connectivity index (χ3n) is 3.81. The van der Waals surface area contributed by atoms with Crippen molar-refractivity contribution < 1.29 is 22.4 Å². The molecule has 0 amide bonds. The van der Waals surface area contributed by atoms with Gasteiger partial charge in [-0.15, -0.1) is 0 Å². The number of carbonyl (C=O) groups excluding carboxylic acids is 1. The van der Waals surface area contributed by atoms with Crippen LogP contribution in [0.25, 0.3) is 5.70 Å². The van der Waals surface area contributed by atoms with Gasteiger partial charge in [-0.05, 0) is 12.1 Å². The number of hydrogen-bond acceptors (Lipinski definition) is 5. The SMILES string of the molecule is Cn1nc(C(F)(F)F)c(C(=O)/C(C#N)=C2\NC(c3c(F)cccc3Cl)=CS2)c1Cl. The number of nitriles is 1. The van der Waals surface area contributed by atoms with Crippen LogP contribution in [0.15, 0.2) is 34.2 Å². The maximum Gasteiger partial charge on any atom is 0.435 e. The Morgan fingerprint density at radius 1 is 1.34 bits per heavy atom. The van der Waals surface area contributed by atoms with Crippen LogP contribution in [0.3, 0.4) is 0 Å². The predicted octanol–water partition coefficient (Wildman–Crippen LogP) is 5.14. The van der Waals surface area contributed by atoms with Gasteiger partial charge in [0.15, 0.2) is 5.69 Å². The molecule has 29 heavy (non-hydrogen) atoms.